The third kappa shape index (κ3) is 3.23. The van der Waals surface area contributed by atoms with Gasteiger partial charge in [0.15, 0.2) is 0 Å². The Morgan fingerprint density at radius 3 is 2.65 bits per heavy atom. The van der Waals surface area contributed by atoms with Gasteiger partial charge in [0.1, 0.15) is 0 Å². The van der Waals surface area contributed by atoms with E-state index >= 15 is 0 Å². The van der Waals surface area contributed by atoms with E-state index in [2.05, 4.69) is 15.5 Å². The van der Waals surface area contributed by atoms with Gasteiger partial charge in [0, 0.05) is 18.6 Å². The predicted molar refractivity (Wildman–Crippen MR) is 75.6 cm³/mol. The molecule has 1 aliphatic carbocycles. The number of urea groups is 1. The number of amides is 2. The second-order valence-corrected chi connectivity index (χ2v) is 6.39. The summed E-state index contributed by atoms with van der Waals surface area (Å²) in [5.74, 6) is -0.822. The number of piperidine rings is 1. The predicted octanol–water partition coefficient (Wildman–Crippen LogP) is 1.02. The molecule has 0 aromatic rings. The normalized spacial score (nSPS) is 34.7. The first-order valence-corrected chi connectivity index (χ1v) is 7.41. The highest BCUT2D eigenvalue weighted by molar-refractivity contribution is 5.79. The van der Waals surface area contributed by atoms with Crippen LogP contribution in [0.15, 0.2) is 0 Å². The molecule has 0 bridgehead atoms. The number of carbonyl (C=O) groups excluding carboxylic acids is 1. The van der Waals surface area contributed by atoms with Crippen molar-refractivity contribution in [2.24, 2.45) is 5.41 Å². The SMILES string of the molecule is CN1CCCC(NC(=O)NC2CCCC2(C)C(=O)O)C1. The molecule has 2 fully saturated rings. The van der Waals surface area contributed by atoms with E-state index < -0.39 is 11.4 Å². The van der Waals surface area contributed by atoms with Gasteiger partial charge in [-0.05, 0) is 46.2 Å². The van der Waals surface area contributed by atoms with Crippen molar-refractivity contribution in [2.45, 2.75) is 51.1 Å². The summed E-state index contributed by atoms with van der Waals surface area (Å²) >= 11 is 0. The van der Waals surface area contributed by atoms with E-state index in [9.17, 15) is 14.7 Å². The van der Waals surface area contributed by atoms with E-state index in [1.807, 2.05) is 7.05 Å². The third-order valence-electron chi connectivity index (χ3n) is 4.71. The summed E-state index contributed by atoms with van der Waals surface area (Å²) in [7, 11) is 2.05. The average molecular weight is 283 g/mol. The van der Waals surface area contributed by atoms with Gasteiger partial charge in [-0.1, -0.05) is 6.42 Å². The number of nitrogens with zero attached hydrogens (tertiary/aromatic N) is 1. The lowest BCUT2D eigenvalue weighted by Crippen LogP contribution is -2.54. The molecule has 0 aromatic carbocycles. The number of aliphatic carboxylic acids is 1. The molecule has 0 spiro atoms. The Morgan fingerprint density at radius 2 is 2.00 bits per heavy atom. The Kier molecular flexibility index (Phi) is 4.52. The van der Waals surface area contributed by atoms with Crippen LogP contribution in [0.2, 0.25) is 0 Å². The van der Waals surface area contributed by atoms with Gasteiger partial charge in [-0.15, -0.1) is 0 Å². The fourth-order valence-electron chi connectivity index (χ4n) is 3.32. The van der Waals surface area contributed by atoms with E-state index in [0.717, 1.165) is 38.8 Å². The van der Waals surface area contributed by atoms with Gasteiger partial charge in [0.05, 0.1) is 5.41 Å². The third-order valence-corrected chi connectivity index (χ3v) is 4.71. The van der Waals surface area contributed by atoms with Crippen molar-refractivity contribution in [3.63, 3.8) is 0 Å². The summed E-state index contributed by atoms with van der Waals surface area (Å²) in [5, 5.41) is 15.2. The largest absolute Gasteiger partial charge is 0.481 e. The lowest BCUT2D eigenvalue weighted by atomic mass is 9.85. The Bertz CT molecular complexity index is 388. The van der Waals surface area contributed by atoms with Crippen LogP contribution in [0, 0.1) is 5.41 Å². The molecule has 3 atom stereocenters. The summed E-state index contributed by atoms with van der Waals surface area (Å²) in [5.41, 5.74) is -0.833. The molecule has 2 amide bonds. The van der Waals surface area contributed by atoms with Crippen molar-refractivity contribution in [3.05, 3.63) is 0 Å². The van der Waals surface area contributed by atoms with Crippen LogP contribution in [-0.4, -0.2) is 54.2 Å². The molecule has 6 heteroatoms. The van der Waals surface area contributed by atoms with Crippen LogP contribution < -0.4 is 10.6 Å². The lowest BCUT2D eigenvalue weighted by molar-refractivity contribution is -0.148. The summed E-state index contributed by atoms with van der Waals surface area (Å²) in [6.45, 7) is 3.65. The zero-order chi connectivity index (χ0) is 14.8. The molecule has 1 saturated heterocycles. The van der Waals surface area contributed by atoms with E-state index in [1.165, 1.54) is 0 Å². The molecule has 2 aliphatic rings. The van der Waals surface area contributed by atoms with Crippen molar-refractivity contribution in [1.82, 2.24) is 15.5 Å². The zero-order valence-corrected chi connectivity index (χ0v) is 12.3. The zero-order valence-electron chi connectivity index (χ0n) is 12.3. The number of hydrogen-bond donors (Lipinski definition) is 3. The molecule has 114 valence electrons. The molecule has 1 saturated carbocycles. The first-order chi connectivity index (χ1) is 9.41. The second kappa shape index (κ2) is 5.99. The van der Waals surface area contributed by atoms with Crippen LogP contribution >= 0.6 is 0 Å². The van der Waals surface area contributed by atoms with Gasteiger partial charge < -0.3 is 20.6 Å². The topological polar surface area (TPSA) is 81.7 Å². The summed E-state index contributed by atoms with van der Waals surface area (Å²) in [6.07, 6.45) is 4.27. The van der Waals surface area contributed by atoms with Gasteiger partial charge in [0.25, 0.3) is 0 Å². The van der Waals surface area contributed by atoms with Crippen LogP contribution in [0.4, 0.5) is 4.79 Å². The Labute approximate surface area is 119 Å². The Balaban J connectivity index is 1.86. The van der Waals surface area contributed by atoms with Gasteiger partial charge in [0.2, 0.25) is 0 Å². The highest BCUT2D eigenvalue weighted by atomic mass is 16.4. The Hall–Kier alpha value is -1.30. The minimum absolute atomic E-state index is 0.159. The maximum atomic E-state index is 12.1. The molecule has 20 heavy (non-hydrogen) atoms. The summed E-state index contributed by atoms with van der Waals surface area (Å²) in [6, 6.07) is -0.350. The molecule has 3 unspecified atom stereocenters. The minimum Gasteiger partial charge on any atom is -0.481 e. The van der Waals surface area contributed by atoms with Crippen LogP contribution in [0.5, 0.6) is 0 Å². The van der Waals surface area contributed by atoms with E-state index in [1.54, 1.807) is 6.92 Å². The van der Waals surface area contributed by atoms with Crippen LogP contribution in [0.1, 0.15) is 39.0 Å². The monoisotopic (exact) mass is 283 g/mol. The number of carboxylic acids is 1. The van der Waals surface area contributed by atoms with Crippen molar-refractivity contribution in [3.8, 4) is 0 Å². The number of carboxylic acid groups (broad SMARTS) is 1. The molecule has 6 nitrogen and oxygen atoms in total. The van der Waals surface area contributed by atoms with Crippen molar-refractivity contribution >= 4 is 12.0 Å². The van der Waals surface area contributed by atoms with Crippen LogP contribution in [0.3, 0.4) is 0 Å². The maximum Gasteiger partial charge on any atom is 0.315 e. The molecule has 1 heterocycles. The molecule has 3 N–H and O–H groups in total. The van der Waals surface area contributed by atoms with Crippen molar-refractivity contribution in [2.75, 3.05) is 20.1 Å². The van der Waals surface area contributed by atoms with Gasteiger partial charge >= 0.3 is 12.0 Å². The fraction of sp³-hybridized carbons (Fsp3) is 0.857. The standard InChI is InChI=1S/C14H25N3O3/c1-14(12(18)19)7-3-6-11(14)16-13(20)15-10-5-4-8-17(2)9-10/h10-11H,3-9H2,1-2H3,(H,18,19)(H2,15,16,20). The maximum absolute atomic E-state index is 12.1. The van der Waals surface area contributed by atoms with Crippen molar-refractivity contribution in [1.29, 1.82) is 0 Å². The van der Waals surface area contributed by atoms with Gasteiger partial charge in [-0.3, -0.25) is 4.79 Å². The van der Waals surface area contributed by atoms with Gasteiger partial charge in [-0.25, -0.2) is 4.79 Å². The van der Waals surface area contributed by atoms with Gasteiger partial charge in [-0.2, -0.15) is 0 Å². The number of nitrogens with one attached hydrogen (secondary N) is 2. The Morgan fingerprint density at radius 1 is 1.25 bits per heavy atom. The average Bonchev–Trinajstić information content (AvgIpc) is 2.72. The highest BCUT2D eigenvalue weighted by Crippen LogP contribution is 2.38. The first kappa shape index (κ1) is 15.1. The minimum atomic E-state index is -0.833. The van der Waals surface area contributed by atoms with E-state index in [4.69, 9.17) is 0 Å². The van der Waals surface area contributed by atoms with Crippen molar-refractivity contribution < 1.29 is 14.7 Å². The number of hydrogen-bond acceptors (Lipinski definition) is 3. The lowest BCUT2D eigenvalue weighted by Gasteiger charge is -2.32. The molecule has 2 rings (SSSR count). The highest BCUT2D eigenvalue weighted by Gasteiger charge is 2.46. The summed E-state index contributed by atoms with van der Waals surface area (Å²) in [4.78, 5) is 25.6. The molecule has 0 aromatic heterocycles. The van der Waals surface area contributed by atoms with E-state index in [-0.39, 0.29) is 18.1 Å². The molecule has 1 aliphatic heterocycles. The number of rotatable bonds is 3. The number of likely N-dealkylation sites (tertiary alicyclic amines) is 1. The molecular formula is C14H25N3O3. The summed E-state index contributed by atoms with van der Waals surface area (Å²) < 4.78 is 0. The first-order valence-electron chi connectivity index (χ1n) is 7.41. The molecular weight excluding hydrogens is 258 g/mol. The second-order valence-electron chi connectivity index (χ2n) is 6.39. The molecule has 0 radical (unpaired) electrons. The van der Waals surface area contributed by atoms with Crippen LogP contribution in [-0.2, 0) is 4.79 Å². The number of carbonyl (C=O) groups is 2. The quantitative estimate of drug-likeness (QED) is 0.722. The van der Waals surface area contributed by atoms with Crippen LogP contribution in [0.25, 0.3) is 0 Å². The fourth-order valence-corrected chi connectivity index (χ4v) is 3.32. The number of likely N-dealkylation sites (N-methyl/N-ethyl adjacent to an activating group) is 1. The smallest absolute Gasteiger partial charge is 0.315 e. The van der Waals surface area contributed by atoms with E-state index in [0.29, 0.717) is 6.42 Å².